The quantitative estimate of drug-likeness (QED) is 0.301. The molecule has 0 aromatic heterocycles. The van der Waals surface area contributed by atoms with Crippen molar-refractivity contribution in [1.82, 2.24) is 4.90 Å². The van der Waals surface area contributed by atoms with Gasteiger partial charge in [-0.2, -0.15) is 8.78 Å². The molecule has 1 aromatic rings. The predicted molar refractivity (Wildman–Crippen MR) is 119 cm³/mol. The van der Waals surface area contributed by atoms with Crippen molar-refractivity contribution in [3.05, 3.63) is 60.2 Å². The number of nitrogens with zero attached hydrogens (tertiary/aromatic N) is 1. The van der Waals surface area contributed by atoms with Crippen LogP contribution in [0.1, 0.15) is 57.9 Å². The lowest BCUT2D eigenvalue weighted by molar-refractivity contribution is -0.147. The molecule has 1 amide bonds. The van der Waals surface area contributed by atoms with Crippen molar-refractivity contribution in [1.29, 1.82) is 0 Å². The van der Waals surface area contributed by atoms with Crippen LogP contribution in [0.5, 0.6) is 0 Å². The first-order valence-electron chi connectivity index (χ1n) is 11.2. The monoisotopic (exact) mass is 449 g/mol. The average molecular weight is 450 g/mol. The highest BCUT2D eigenvalue weighted by molar-refractivity contribution is 5.77. The SMILES string of the molecule is CC(C)OC(=O)CCCC=CCN1C(=O)CCC[C@@H]1C=C[C@@H](O)C(F)(F)c1ccccc1. The van der Waals surface area contributed by atoms with Gasteiger partial charge in [-0.15, -0.1) is 0 Å². The molecule has 1 aromatic carbocycles. The fraction of sp³-hybridized carbons (Fsp3) is 0.520. The largest absolute Gasteiger partial charge is 0.463 e. The van der Waals surface area contributed by atoms with E-state index in [1.54, 1.807) is 24.8 Å². The maximum absolute atomic E-state index is 14.5. The highest BCUT2D eigenvalue weighted by atomic mass is 19.3. The van der Waals surface area contributed by atoms with E-state index in [4.69, 9.17) is 4.74 Å². The second-order valence-corrected chi connectivity index (χ2v) is 8.23. The lowest BCUT2D eigenvalue weighted by Gasteiger charge is -2.33. The summed E-state index contributed by atoms with van der Waals surface area (Å²) in [5.74, 6) is -3.69. The van der Waals surface area contributed by atoms with Crippen molar-refractivity contribution in [3.8, 4) is 0 Å². The summed E-state index contributed by atoms with van der Waals surface area (Å²) < 4.78 is 34.1. The number of rotatable bonds is 11. The molecule has 0 saturated carbocycles. The molecular weight excluding hydrogens is 416 g/mol. The van der Waals surface area contributed by atoms with Gasteiger partial charge in [0.15, 0.2) is 0 Å². The van der Waals surface area contributed by atoms with Crippen LogP contribution in [0.3, 0.4) is 0 Å². The number of allylic oxidation sites excluding steroid dienone is 1. The van der Waals surface area contributed by atoms with E-state index in [9.17, 15) is 23.5 Å². The summed E-state index contributed by atoms with van der Waals surface area (Å²) >= 11 is 0. The number of alkyl halides is 2. The third-order valence-electron chi connectivity index (χ3n) is 5.24. The minimum Gasteiger partial charge on any atom is -0.463 e. The summed E-state index contributed by atoms with van der Waals surface area (Å²) in [5.41, 5.74) is -0.256. The molecule has 2 rings (SSSR count). The summed E-state index contributed by atoms with van der Waals surface area (Å²) in [7, 11) is 0. The summed E-state index contributed by atoms with van der Waals surface area (Å²) in [6, 6.07) is 6.85. The van der Waals surface area contributed by atoms with Gasteiger partial charge in [-0.25, -0.2) is 0 Å². The van der Waals surface area contributed by atoms with E-state index in [1.807, 2.05) is 12.2 Å². The molecule has 0 bridgehead atoms. The van der Waals surface area contributed by atoms with E-state index in [1.165, 1.54) is 30.3 Å². The lowest BCUT2D eigenvalue weighted by atomic mass is 9.98. The van der Waals surface area contributed by atoms with Crippen molar-refractivity contribution in [2.45, 2.75) is 76.5 Å². The van der Waals surface area contributed by atoms with Gasteiger partial charge in [-0.3, -0.25) is 9.59 Å². The van der Waals surface area contributed by atoms with Crippen molar-refractivity contribution in [3.63, 3.8) is 0 Å². The number of piperidine rings is 1. The Hall–Kier alpha value is -2.54. The zero-order valence-corrected chi connectivity index (χ0v) is 18.8. The maximum atomic E-state index is 14.5. The molecule has 0 spiro atoms. The summed E-state index contributed by atoms with van der Waals surface area (Å²) in [6.45, 7) is 3.97. The minimum atomic E-state index is -3.42. The van der Waals surface area contributed by atoms with E-state index < -0.39 is 12.0 Å². The third-order valence-corrected chi connectivity index (χ3v) is 5.24. The molecule has 1 N–H and O–H groups in total. The Morgan fingerprint density at radius 2 is 2.00 bits per heavy atom. The first-order chi connectivity index (χ1) is 15.2. The zero-order valence-electron chi connectivity index (χ0n) is 18.8. The van der Waals surface area contributed by atoms with Crippen LogP contribution in [-0.2, 0) is 20.2 Å². The van der Waals surface area contributed by atoms with Crippen LogP contribution in [-0.4, -0.2) is 46.7 Å². The smallest absolute Gasteiger partial charge is 0.306 e. The molecule has 1 aliphatic heterocycles. The number of likely N-dealkylation sites (tertiary alicyclic amines) is 1. The molecule has 1 heterocycles. The Kier molecular flexibility index (Phi) is 10.0. The van der Waals surface area contributed by atoms with E-state index in [0.717, 1.165) is 6.08 Å². The molecule has 0 aliphatic carbocycles. The van der Waals surface area contributed by atoms with Gasteiger partial charge in [0.25, 0.3) is 0 Å². The number of hydrogen-bond donors (Lipinski definition) is 1. The first kappa shape index (κ1) is 25.7. The summed E-state index contributed by atoms with van der Waals surface area (Å²) in [4.78, 5) is 25.5. The molecule has 1 fully saturated rings. The standard InChI is InChI=1S/C25H33F2NO4/c1-19(2)32-24(31)15-8-3-4-9-18-28-21(13-10-14-23(28)30)16-17-22(29)25(26,27)20-11-6-5-7-12-20/h4-7,9,11-12,16-17,19,21-22,29H,3,8,10,13-15,18H2,1-2H3/t21-,22-/m1/s1. The third kappa shape index (κ3) is 7.86. The van der Waals surface area contributed by atoms with Gasteiger partial charge in [-0.05, 0) is 39.5 Å². The van der Waals surface area contributed by atoms with E-state index >= 15 is 0 Å². The van der Waals surface area contributed by atoms with Gasteiger partial charge in [-0.1, -0.05) is 54.6 Å². The molecule has 7 heteroatoms. The predicted octanol–water partition coefficient (Wildman–Crippen LogP) is 4.75. The number of carbonyl (C=O) groups is 2. The molecular formula is C25H33F2NO4. The van der Waals surface area contributed by atoms with Gasteiger partial charge in [0.1, 0.15) is 6.10 Å². The normalized spacial score (nSPS) is 18.6. The van der Waals surface area contributed by atoms with Gasteiger partial charge in [0.2, 0.25) is 5.91 Å². The van der Waals surface area contributed by atoms with E-state index in [2.05, 4.69) is 0 Å². The maximum Gasteiger partial charge on any atom is 0.306 e. The van der Waals surface area contributed by atoms with Crippen LogP contribution >= 0.6 is 0 Å². The van der Waals surface area contributed by atoms with Crippen LogP contribution in [0.4, 0.5) is 8.78 Å². The molecule has 5 nitrogen and oxygen atoms in total. The zero-order chi connectivity index (χ0) is 23.6. The highest BCUT2D eigenvalue weighted by Gasteiger charge is 2.39. The fourth-order valence-corrected chi connectivity index (χ4v) is 3.56. The number of ether oxygens (including phenoxy) is 1. The molecule has 1 aliphatic rings. The van der Waals surface area contributed by atoms with Crippen LogP contribution in [0, 0.1) is 0 Å². The van der Waals surface area contributed by atoms with Crippen molar-refractivity contribution < 1.29 is 28.2 Å². The molecule has 0 radical (unpaired) electrons. The van der Waals surface area contributed by atoms with Crippen molar-refractivity contribution in [2.24, 2.45) is 0 Å². The molecule has 32 heavy (non-hydrogen) atoms. The number of amides is 1. The van der Waals surface area contributed by atoms with Gasteiger partial charge in [0.05, 0.1) is 12.1 Å². The second-order valence-electron chi connectivity index (χ2n) is 8.23. The van der Waals surface area contributed by atoms with Gasteiger partial charge >= 0.3 is 11.9 Å². The van der Waals surface area contributed by atoms with E-state index in [-0.39, 0.29) is 29.6 Å². The Morgan fingerprint density at radius 3 is 2.69 bits per heavy atom. The Labute approximate surface area is 188 Å². The number of aliphatic hydroxyl groups excluding tert-OH is 1. The van der Waals surface area contributed by atoms with Gasteiger partial charge in [0, 0.05) is 24.9 Å². The van der Waals surface area contributed by atoms with E-state index in [0.29, 0.717) is 45.1 Å². The number of halogens is 2. The van der Waals surface area contributed by atoms with Crippen LogP contribution in [0.25, 0.3) is 0 Å². The number of esters is 1. The second kappa shape index (κ2) is 12.5. The molecule has 2 atom stereocenters. The Morgan fingerprint density at radius 1 is 1.28 bits per heavy atom. The number of hydrogen-bond acceptors (Lipinski definition) is 4. The number of benzene rings is 1. The fourth-order valence-electron chi connectivity index (χ4n) is 3.56. The number of carbonyl (C=O) groups excluding carboxylic acids is 2. The first-order valence-corrected chi connectivity index (χ1v) is 11.2. The lowest BCUT2D eigenvalue weighted by Crippen LogP contribution is -2.43. The highest BCUT2D eigenvalue weighted by Crippen LogP contribution is 2.32. The Bertz CT molecular complexity index is 792. The summed E-state index contributed by atoms with van der Waals surface area (Å²) in [5, 5.41) is 10.1. The number of aliphatic hydroxyl groups is 1. The van der Waals surface area contributed by atoms with Crippen molar-refractivity contribution in [2.75, 3.05) is 6.54 Å². The molecule has 0 unspecified atom stereocenters. The van der Waals surface area contributed by atoms with Crippen LogP contribution < -0.4 is 0 Å². The van der Waals surface area contributed by atoms with Gasteiger partial charge < -0.3 is 14.7 Å². The molecule has 1 saturated heterocycles. The van der Waals surface area contributed by atoms with Crippen LogP contribution in [0.15, 0.2) is 54.6 Å². The number of unbranched alkanes of at least 4 members (excludes halogenated alkanes) is 1. The average Bonchev–Trinajstić information content (AvgIpc) is 2.75. The molecule has 176 valence electrons. The summed E-state index contributed by atoms with van der Waals surface area (Å²) in [6.07, 6.45) is 7.67. The van der Waals surface area contributed by atoms with Crippen molar-refractivity contribution >= 4 is 11.9 Å². The minimum absolute atomic E-state index is 0.0413. The van der Waals surface area contributed by atoms with Crippen LogP contribution in [0.2, 0.25) is 0 Å². The topological polar surface area (TPSA) is 66.8 Å². The Balaban J connectivity index is 1.90.